The van der Waals surface area contributed by atoms with E-state index in [1.165, 1.54) is 12.1 Å². The van der Waals surface area contributed by atoms with Gasteiger partial charge in [-0.15, -0.1) is 0 Å². The van der Waals surface area contributed by atoms with Crippen molar-refractivity contribution in [1.29, 1.82) is 0 Å². The van der Waals surface area contributed by atoms with Crippen LogP contribution in [0.25, 0.3) is 0 Å². The molecule has 2 aromatic carbocycles. The maximum atomic E-state index is 11.7. The predicted octanol–water partition coefficient (Wildman–Crippen LogP) is 3.64. The van der Waals surface area contributed by atoms with Crippen LogP contribution in [0.2, 0.25) is 0 Å². The summed E-state index contributed by atoms with van der Waals surface area (Å²) in [4.78, 5) is 21.8. The highest BCUT2D eigenvalue weighted by molar-refractivity contribution is 9.10. The average Bonchev–Trinajstić information content (AvgIpc) is 2.48. The third-order valence-electron chi connectivity index (χ3n) is 2.81. The molecule has 0 amide bonds. The van der Waals surface area contributed by atoms with E-state index in [4.69, 9.17) is 4.74 Å². The van der Waals surface area contributed by atoms with Crippen molar-refractivity contribution in [1.82, 2.24) is 0 Å². The van der Waals surface area contributed by atoms with Crippen LogP contribution in [0.3, 0.4) is 0 Å². The van der Waals surface area contributed by atoms with Gasteiger partial charge < -0.3 is 4.74 Å². The number of benzene rings is 2. The molecule has 0 unspecified atom stereocenters. The van der Waals surface area contributed by atoms with Crippen molar-refractivity contribution < 1.29 is 14.5 Å². The first-order valence-corrected chi connectivity index (χ1v) is 6.97. The second-order valence-corrected chi connectivity index (χ2v) is 5.30. The maximum Gasteiger partial charge on any atom is 0.310 e. The molecule has 6 heteroatoms. The summed E-state index contributed by atoms with van der Waals surface area (Å²) in [7, 11) is 0. The van der Waals surface area contributed by atoms with E-state index in [0.717, 1.165) is 10.0 Å². The van der Waals surface area contributed by atoms with Gasteiger partial charge in [0.15, 0.2) is 0 Å². The first-order valence-electron chi connectivity index (χ1n) is 6.18. The van der Waals surface area contributed by atoms with Crippen LogP contribution >= 0.6 is 15.9 Å². The van der Waals surface area contributed by atoms with E-state index in [1.807, 2.05) is 24.3 Å². The number of nitrogens with zero attached hydrogens (tertiary/aromatic N) is 1. The van der Waals surface area contributed by atoms with Crippen molar-refractivity contribution in [2.75, 3.05) is 0 Å². The van der Waals surface area contributed by atoms with E-state index in [0.29, 0.717) is 5.56 Å². The molecule has 0 aliphatic rings. The van der Waals surface area contributed by atoms with E-state index in [9.17, 15) is 14.9 Å². The van der Waals surface area contributed by atoms with Gasteiger partial charge >= 0.3 is 5.97 Å². The van der Waals surface area contributed by atoms with Gasteiger partial charge in [0.05, 0.1) is 11.3 Å². The van der Waals surface area contributed by atoms with E-state index in [2.05, 4.69) is 15.9 Å². The monoisotopic (exact) mass is 349 g/mol. The largest absolute Gasteiger partial charge is 0.461 e. The molecule has 5 nitrogen and oxygen atoms in total. The highest BCUT2D eigenvalue weighted by atomic mass is 79.9. The quantitative estimate of drug-likeness (QED) is 0.469. The highest BCUT2D eigenvalue weighted by Crippen LogP contribution is 2.14. The summed E-state index contributed by atoms with van der Waals surface area (Å²) in [6, 6.07) is 13.3. The molecule has 0 fully saturated rings. The van der Waals surface area contributed by atoms with Crippen molar-refractivity contribution in [3.8, 4) is 0 Å². The van der Waals surface area contributed by atoms with Crippen molar-refractivity contribution in [2.45, 2.75) is 13.0 Å². The van der Waals surface area contributed by atoms with Crippen LogP contribution < -0.4 is 0 Å². The van der Waals surface area contributed by atoms with Crippen molar-refractivity contribution in [3.05, 3.63) is 74.2 Å². The Kier molecular flexibility index (Phi) is 5.05. The molecule has 0 aliphatic heterocycles. The molecule has 2 aromatic rings. The molecule has 108 valence electrons. The molecule has 21 heavy (non-hydrogen) atoms. The Bertz CT molecular complexity index is 638. The molecule has 0 heterocycles. The Labute approximate surface area is 129 Å². The van der Waals surface area contributed by atoms with E-state index >= 15 is 0 Å². The summed E-state index contributed by atoms with van der Waals surface area (Å²) in [5, 5.41) is 10.5. The summed E-state index contributed by atoms with van der Waals surface area (Å²) in [5.41, 5.74) is 1.59. The van der Waals surface area contributed by atoms with Gasteiger partial charge in [0.1, 0.15) is 6.61 Å². The van der Waals surface area contributed by atoms with Crippen molar-refractivity contribution >= 4 is 27.6 Å². The molecule has 0 aromatic heterocycles. The van der Waals surface area contributed by atoms with Gasteiger partial charge in [0, 0.05) is 16.6 Å². The first-order chi connectivity index (χ1) is 10.0. The molecule has 0 bridgehead atoms. The second-order valence-electron chi connectivity index (χ2n) is 4.39. The van der Waals surface area contributed by atoms with Gasteiger partial charge in [0.2, 0.25) is 0 Å². The van der Waals surface area contributed by atoms with Crippen LogP contribution in [-0.2, 0) is 22.6 Å². The van der Waals surface area contributed by atoms with E-state index < -0.39 is 4.92 Å². The number of hydrogen-bond acceptors (Lipinski definition) is 4. The minimum Gasteiger partial charge on any atom is -0.461 e. The van der Waals surface area contributed by atoms with Crippen molar-refractivity contribution in [2.24, 2.45) is 0 Å². The second kappa shape index (κ2) is 6.99. The lowest BCUT2D eigenvalue weighted by atomic mass is 10.1. The minimum atomic E-state index is -0.469. The van der Waals surface area contributed by atoms with Crippen molar-refractivity contribution in [3.63, 3.8) is 0 Å². The van der Waals surface area contributed by atoms with Crippen LogP contribution in [0.1, 0.15) is 11.1 Å². The summed E-state index contributed by atoms with van der Waals surface area (Å²) < 4.78 is 6.09. The summed E-state index contributed by atoms with van der Waals surface area (Å²) in [5.74, 6) is -0.337. The smallest absolute Gasteiger partial charge is 0.310 e. The number of nitro groups is 1. The SMILES string of the molecule is O=C(Cc1ccc(Br)cc1)OCc1ccc([N+](=O)[O-])cc1. The molecule has 0 radical (unpaired) electrons. The maximum absolute atomic E-state index is 11.7. The fourth-order valence-corrected chi connectivity index (χ4v) is 1.96. The Morgan fingerprint density at radius 1 is 1.05 bits per heavy atom. The normalized spacial score (nSPS) is 10.1. The van der Waals surface area contributed by atoms with Gasteiger partial charge in [0.25, 0.3) is 5.69 Å². The molecule has 2 rings (SSSR count). The Morgan fingerprint density at radius 2 is 1.62 bits per heavy atom. The molecule has 0 atom stereocenters. The lowest BCUT2D eigenvalue weighted by molar-refractivity contribution is -0.384. The fourth-order valence-electron chi connectivity index (χ4n) is 1.70. The van der Waals surface area contributed by atoms with Crippen LogP contribution in [-0.4, -0.2) is 10.9 Å². The number of carbonyl (C=O) groups is 1. The van der Waals surface area contributed by atoms with Gasteiger partial charge in [-0.05, 0) is 35.4 Å². The minimum absolute atomic E-state index is 0.0138. The Hall–Kier alpha value is -2.21. The third-order valence-corrected chi connectivity index (χ3v) is 3.34. The molecular weight excluding hydrogens is 338 g/mol. The summed E-state index contributed by atoms with van der Waals surface area (Å²) >= 11 is 3.32. The Morgan fingerprint density at radius 3 is 2.19 bits per heavy atom. The molecule has 0 spiro atoms. The zero-order valence-electron chi connectivity index (χ0n) is 11.0. The first kappa shape index (κ1) is 15.2. The number of hydrogen-bond donors (Lipinski definition) is 0. The zero-order valence-corrected chi connectivity index (χ0v) is 12.6. The lowest BCUT2D eigenvalue weighted by Crippen LogP contribution is -2.07. The average molecular weight is 350 g/mol. The van der Waals surface area contributed by atoms with Crippen LogP contribution in [0, 0.1) is 10.1 Å². The predicted molar refractivity (Wildman–Crippen MR) is 80.7 cm³/mol. The van der Waals surface area contributed by atoms with Gasteiger partial charge in [-0.25, -0.2) is 0 Å². The number of halogens is 1. The molecular formula is C15H12BrNO4. The molecule has 0 saturated heterocycles. The Balaban J connectivity index is 1.86. The molecule has 0 aliphatic carbocycles. The van der Waals surface area contributed by atoms with Crippen LogP contribution in [0.4, 0.5) is 5.69 Å². The number of nitro benzene ring substituents is 1. The van der Waals surface area contributed by atoms with Gasteiger partial charge in [-0.2, -0.15) is 0 Å². The molecule has 0 N–H and O–H groups in total. The van der Waals surface area contributed by atoms with E-state index in [-0.39, 0.29) is 24.7 Å². The van der Waals surface area contributed by atoms with Crippen LogP contribution in [0.15, 0.2) is 53.0 Å². The number of non-ortho nitro benzene ring substituents is 1. The number of esters is 1. The lowest BCUT2D eigenvalue weighted by Gasteiger charge is -2.05. The molecule has 0 saturated carbocycles. The summed E-state index contributed by atoms with van der Waals surface area (Å²) in [6.45, 7) is 0.105. The number of ether oxygens (including phenoxy) is 1. The standard InChI is InChI=1S/C15H12BrNO4/c16-13-5-1-11(2-6-13)9-15(18)21-10-12-3-7-14(8-4-12)17(19)20/h1-8H,9-10H2. The number of carbonyl (C=O) groups excluding carboxylic acids is 1. The van der Waals surface area contributed by atoms with Gasteiger partial charge in [-0.1, -0.05) is 28.1 Å². The zero-order chi connectivity index (χ0) is 15.2. The fraction of sp³-hybridized carbons (Fsp3) is 0.133. The topological polar surface area (TPSA) is 69.4 Å². The third kappa shape index (κ3) is 4.68. The van der Waals surface area contributed by atoms with Gasteiger partial charge in [-0.3, -0.25) is 14.9 Å². The van der Waals surface area contributed by atoms with Crippen LogP contribution in [0.5, 0.6) is 0 Å². The van der Waals surface area contributed by atoms with E-state index in [1.54, 1.807) is 12.1 Å². The number of rotatable bonds is 5. The summed E-state index contributed by atoms with van der Waals surface area (Å²) in [6.07, 6.45) is 0.195. The highest BCUT2D eigenvalue weighted by Gasteiger charge is 2.07.